The number of halogens is 4. The topological polar surface area (TPSA) is 96.8 Å². The first kappa shape index (κ1) is 25.2. The van der Waals surface area contributed by atoms with Gasteiger partial charge in [0.25, 0.3) is 0 Å². The van der Waals surface area contributed by atoms with Crippen LogP contribution in [-0.2, 0) is 6.18 Å². The quantitative estimate of drug-likeness (QED) is 0.225. The summed E-state index contributed by atoms with van der Waals surface area (Å²) in [6.07, 6.45) is 1.78. The van der Waals surface area contributed by atoms with Gasteiger partial charge in [0.15, 0.2) is 17.0 Å². The van der Waals surface area contributed by atoms with Gasteiger partial charge in [0.1, 0.15) is 12.7 Å². The van der Waals surface area contributed by atoms with Crippen molar-refractivity contribution < 1.29 is 18.0 Å². The molecule has 0 unspecified atom stereocenters. The Hall–Kier alpha value is -3.86. The highest BCUT2D eigenvalue weighted by Gasteiger charge is 2.33. The van der Waals surface area contributed by atoms with E-state index >= 15 is 0 Å². The van der Waals surface area contributed by atoms with Crippen molar-refractivity contribution in [1.29, 1.82) is 0 Å². The second kappa shape index (κ2) is 10.8. The number of hydrogen-bond acceptors (Lipinski definition) is 5. The van der Waals surface area contributed by atoms with Crippen LogP contribution in [-0.4, -0.2) is 32.1 Å². The minimum Gasteiger partial charge on any atom is -0.368 e. The first-order chi connectivity index (χ1) is 17.3. The molecule has 2 amide bonds. The van der Waals surface area contributed by atoms with Crippen molar-refractivity contribution in [2.75, 3.05) is 22.5 Å². The van der Waals surface area contributed by atoms with Crippen LogP contribution in [0.5, 0.6) is 0 Å². The summed E-state index contributed by atoms with van der Waals surface area (Å²) >= 11 is 5.62. The maximum atomic E-state index is 13.0. The van der Waals surface area contributed by atoms with Crippen molar-refractivity contribution >= 4 is 46.0 Å². The number of imidazole rings is 1. The monoisotopic (exact) mass is 517 g/mol. The smallest absolute Gasteiger partial charge is 0.368 e. The molecule has 2 aromatic carbocycles. The zero-order valence-electron chi connectivity index (χ0n) is 19.2. The van der Waals surface area contributed by atoms with Crippen LogP contribution in [0.2, 0.25) is 5.02 Å². The Balaban J connectivity index is 1.44. The zero-order chi connectivity index (χ0) is 25.7. The van der Waals surface area contributed by atoms with Crippen LogP contribution in [0.4, 0.5) is 35.2 Å². The van der Waals surface area contributed by atoms with Gasteiger partial charge >= 0.3 is 12.2 Å². The Morgan fingerprint density at radius 3 is 2.44 bits per heavy atom. The van der Waals surface area contributed by atoms with Crippen molar-refractivity contribution in [1.82, 2.24) is 19.5 Å². The molecule has 2 heterocycles. The summed E-state index contributed by atoms with van der Waals surface area (Å²) in [4.78, 5) is 25.4. The molecule has 2 aromatic heterocycles. The number of carbonyl (C=O) groups is 1. The number of alkyl halides is 3. The number of unbranched alkanes of at least 4 members (excludes halogenated alkanes) is 2. The summed E-state index contributed by atoms with van der Waals surface area (Å²) in [6, 6.07) is 9.30. The number of hydrogen-bond donors (Lipinski definition) is 3. The second-order valence-electron chi connectivity index (χ2n) is 7.96. The third kappa shape index (κ3) is 5.85. The molecule has 0 aliphatic rings. The first-order valence-corrected chi connectivity index (χ1v) is 11.6. The summed E-state index contributed by atoms with van der Waals surface area (Å²) in [5, 5.41) is 7.83. The van der Waals surface area contributed by atoms with Gasteiger partial charge < -0.3 is 16.0 Å². The summed E-state index contributed by atoms with van der Waals surface area (Å²) in [5.41, 5.74) is 1.41. The molecular formula is C24H23ClF3N7O. The lowest BCUT2D eigenvalue weighted by Gasteiger charge is -2.12. The van der Waals surface area contributed by atoms with Crippen LogP contribution in [0.1, 0.15) is 31.7 Å². The van der Waals surface area contributed by atoms with Crippen molar-refractivity contribution in [2.45, 2.75) is 32.4 Å². The lowest BCUT2D eigenvalue weighted by atomic mass is 10.2. The third-order valence-electron chi connectivity index (χ3n) is 5.34. The summed E-state index contributed by atoms with van der Waals surface area (Å²) in [6.45, 7) is 2.94. The van der Waals surface area contributed by atoms with Crippen LogP contribution in [0.25, 0.3) is 16.9 Å². The number of benzene rings is 2. The number of carbonyl (C=O) groups excluding carboxylic acids is 1. The highest BCUT2D eigenvalue weighted by Crippen LogP contribution is 2.36. The highest BCUT2D eigenvalue weighted by atomic mass is 35.5. The van der Waals surface area contributed by atoms with E-state index in [9.17, 15) is 18.0 Å². The largest absolute Gasteiger partial charge is 0.417 e. The molecule has 3 N–H and O–H groups in total. The number of nitrogens with one attached hydrogen (secondary N) is 3. The molecule has 188 valence electrons. The van der Waals surface area contributed by atoms with E-state index in [1.807, 2.05) is 0 Å². The van der Waals surface area contributed by atoms with E-state index in [1.165, 1.54) is 12.4 Å². The highest BCUT2D eigenvalue weighted by molar-refractivity contribution is 6.31. The molecule has 0 bridgehead atoms. The number of rotatable bonds is 8. The molecule has 0 saturated carbocycles. The van der Waals surface area contributed by atoms with Crippen LogP contribution in [0, 0.1) is 0 Å². The van der Waals surface area contributed by atoms with Gasteiger partial charge in [0, 0.05) is 23.6 Å². The average Bonchev–Trinajstić information content (AvgIpc) is 3.28. The fourth-order valence-corrected chi connectivity index (χ4v) is 3.78. The molecule has 0 radical (unpaired) electrons. The van der Waals surface area contributed by atoms with E-state index in [0.717, 1.165) is 43.6 Å². The van der Waals surface area contributed by atoms with Crippen molar-refractivity contribution in [3.63, 3.8) is 0 Å². The molecule has 12 heteroatoms. The predicted molar refractivity (Wildman–Crippen MR) is 134 cm³/mol. The van der Waals surface area contributed by atoms with E-state index in [4.69, 9.17) is 11.6 Å². The van der Waals surface area contributed by atoms with E-state index < -0.39 is 22.8 Å². The van der Waals surface area contributed by atoms with Gasteiger partial charge in [-0.3, -0.25) is 4.57 Å². The van der Waals surface area contributed by atoms with Gasteiger partial charge in [-0.1, -0.05) is 31.4 Å². The average molecular weight is 518 g/mol. The van der Waals surface area contributed by atoms with Crippen molar-refractivity contribution in [3.05, 3.63) is 65.7 Å². The van der Waals surface area contributed by atoms with Gasteiger partial charge in [-0.2, -0.15) is 13.2 Å². The van der Waals surface area contributed by atoms with E-state index in [2.05, 4.69) is 37.8 Å². The van der Waals surface area contributed by atoms with E-state index in [1.54, 1.807) is 35.2 Å². The van der Waals surface area contributed by atoms with Crippen LogP contribution >= 0.6 is 11.6 Å². The molecule has 0 aliphatic heterocycles. The number of urea groups is 1. The van der Waals surface area contributed by atoms with Gasteiger partial charge in [0.2, 0.25) is 0 Å². The van der Waals surface area contributed by atoms with Gasteiger partial charge in [-0.15, -0.1) is 0 Å². The molecule has 4 rings (SSSR count). The fraction of sp³-hybridized carbons (Fsp3) is 0.250. The minimum absolute atomic E-state index is 0.0375. The van der Waals surface area contributed by atoms with Crippen LogP contribution in [0.3, 0.4) is 0 Å². The number of aromatic nitrogens is 4. The minimum atomic E-state index is -4.63. The molecule has 0 fully saturated rings. The number of amides is 2. The van der Waals surface area contributed by atoms with Crippen LogP contribution < -0.4 is 16.0 Å². The van der Waals surface area contributed by atoms with Crippen molar-refractivity contribution in [3.8, 4) is 5.69 Å². The maximum absolute atomic E-state index is 13.0. The molecule has 8 nitrogen and oxygen atoms in total. The molecule has 36 heavy (non-hydrogen) atoms. The van der Waals surface area contributed by atoms with Crippen LogP contribution in [0.15, 0.2) is 55.1 Å². The first-order valence-electron chi connectivity index (χ1n) is 11.2. The zero-order valence-corrected chi connectivity index (χ0v) is 20.0. The lowest BCUT2D eigenvalue weighted by Crippen LogP contribution is -2.20. The van der Waals surface area contributed by atoms with Gasteiger partial charge in [-0.05, 0) is 48.9 Å². The molecular weight excluding hydrogens is 495 g/mol. The third-order valence-corrected chi connectivity index (χ3v) is 5.67. The maximum Gasteiger partial charge on any atom is 0.417 e. The second-order valence-corrected chi connectivity index (χ2v) is 8.37. The molecule has 4 aromatic rings. The Morgan fingerprint density at radius 1 is 1.00 bits per heavy atom. The number of anilines is 3. The number of nitrogens with zero attached hydrogens (tertiary/aromatic N) is 4. The molecule has 0 aliphatic carbocycles. The fourth-order valence-electron chi connectivity index (χ4n) is 3.55. The summed E-state index contributed by atoms with van der Waals surface area (Å²) in [5.74, 6) is 0.667. The SMILES string of the molecule is CCCCCNc1ncnc2c1ncn2-c1ccc(NC(=O)Nc2ccc(Cl)c(C(F)(F)F)c2)cc1. The van der Waals surface area contributed by atoms with Crippen molar-refractivity contribution in [2.24, 2.45) is 0 Å². The predicted octanol–water partition coefficient (Wildman–Crippen LogP) is 6.73. The standard InChI is InChI=1S/C24H23ClF3N7O/c1-2-3-4-11-29-21-20-22(31-13-30-21)35(14-32-20)17-8-5-15(6-9-17)33-23(36)34-16-7-10-19(25)18(12-16)24(26,27)28/h5-10,12-14H,2-4,11H2,1H3,(H,29,30,31)(H2,33,34,36). The van der Waals surface area contributed by atoms with E-state index in [-0.39, 0.29) is 5.69 Å². The summed E-state index contributed by atoms with van der Waals surface area (Å²) in [7, 11) is 0. The number of fused-ring (bicyclic) bond motifs is 1. The van der Waals surface area contributed by atoms with Gasteiger partial charge in [-0.25, -0.2) is 19.7 Å². The summed E-state index contributed by atoms with van der Waals surface area (Å²) < 4.78 is 40.9. The molecule has 0 saturated heterocycles. The molecule has 0 atom stereocenters. The van der Waals surface area contributed by atoms with Gasteiger partial charge in [0.05, 0.1) is 10.6 Å². The normalized spacial score (nSPS) is 11.5. The Labute approximate surface area is 209 Å². The Bertz CT molecular complexity index is 1360. The Morgan fingerprint density at radius 2 is 1.72 bits per heavy atom. The van der Waals surface area contributed by atoms with E-state index in [0.29, 0.717) is 22.7 Å². The lowest BCUT2D eigenvalue weighted by molar-refractivity contribution is -0.137. The molecule has 0 spiro atoms. The Kier molecular flexibility index (Phi) is 7.58.